The van der Waals surface area contributed by atoms with Crippen LogP contribution in [0.2, 0.25) is 0 Å². The van der Waals surface area contributed by atoms with Gasteiger partial charge in [-0.3, -0.25) is 14.7 Å². The summed E-state index contributed by atoms with van der Waals surface area (Å²) in [6.45, 7) is 3.83. The molecule has 2 aliphatic rings. The van der Waals surface area contributed by atoms with E-state index in [4.69, 9.17) is 0 Å². The van der Waals surface area contributed by atoms with Crippen molar-refractivity contribution < 1.29 is 18.0 Å². The number of halogens is 3. The summed E-state index contributed by atoms with van der Waals surface area (Å²) < 4.78 is 39.8. The Hall–Kier alpha value is -2.41. The highest BCUT2D eigenvalue weighted by Gasteiger charge is 2.48. The Morgan fingerprint density at radius 3 is 2.57 bits per heavy atom. The van der Waals surface area contributed by atoms with Crippen LogP contribution in [0.25, 0.3) is 0 Å². The summed E-state index contributed by atoms with van der Waals surface area (Å²) in [4.78, 5) is 20.2. The van der Waals surface area contributed by atoms with Gasteiger partial charge in [0.05, 0.1) is 5.56 Å². The molecule has 1 aromatic carbocycles. The van der Waals surface area contributed by atoms with Crippen LogP contribution >= 0.6 is 0 Å². The molecule has 0 bridgehead atoms. The Morgan fingerprint density at radius 1 is 1.11 bits per heavy atom. The maximum absolute atomic E-state index is 13.3. The number of rotatable bonds is 2. The van der Waals surface area contributed by atoms with Gasteiger partial charge in [-0.25, -0.2) is 0 Å². The molecular formula is C21H22F3N3O. The highest BCUT2D eigenvalue weighted by Crippen LogP contribution is 2.45. The quantitative estimate of drug-likeness (QED) is 0.784. The second-order valence-electron chi connectivity index (χ2n) is 7.77. The van der Waals surface area contributed by atoms with Crippen LogP contribution in [0.3, 0.4) is 0 Å². The van der Waals surface area contributed by atoms with E-state index in [9.17, 15) is 18.0 Å². The van der Waals surface area contributed by atoms with Crippen molar-refractivity contribution in [1.82, 2.24) is 14.8 Å². The van der Waals surface area contributed by atoms with Crippen LogP contribution in [-0.2, 0) is 6.18 Å². The average Bonchev–Trinajstić information content (AvgIpc) is 3.18. The lowest BCUT2D eigenvalue weighted by Gasteiger charge is -2.28. The molecule has 7 heteroatoms. The molecule has 148 valence electrons. The van der Waals surface area contributed by atoms with Crippen LogP contribution in [0.4, 0.5) is 13.2 Å². The summed E-state index contributed by atoms with van der Waals surface area (Å²) in [6.07, 6.45) is -3.58. The van der Waals surface area contributed by atoms with E-state index < -0.39 is 17.8 Å². The number of amides is 1. The van der Waals surface area contributed by atoms with Crippen LogP contribution in [0.1, 0.15) is 33.2 Å². The molecule has 28 heavy (non-hydrogen) atoms. The lowest BCUT2D eigenvalue weighted by molar-refractivity contribution is -0.141. The Morgan fingerprint density at radius 2 is 1.86 bits per heavy atom. The number of nitrogens with zero attached hydrogens (tertiary/aromatic N) is 3. The minimum Gasteiger partial charge on any atom is -0.338 e. The van der Waals surface area contributed by atoms with Crippen molar-refractivity contribution in [2.24, 2.45) is 11.8 Å². The molecule has 0 N–H and O–H groups in total. The molecule has 2 aliphatic heterocycles. The third-order valence-electron chi connectivity index (χ3n) is 6.00. The van der Waals surface area contributed by atoms with E-state index in [2.05, 4.69) is 36.0 Å². The van der Waals surface area contributed by atoms with Crippen molar-refractivity contribution in [2.75, 3.05) is 26.7 Å². The molecule has 0 unspecified atom stereocenters. The minimum absolute atomic E-state index is 0.167. The maximum Gasteiger partial charge on any atom is 0.434 e. The van der Waals surface area contributed by atoms with Crippen LogP contribution in [-0.4, -0.2) is 47.4 Å². The molecule has 0 radical (unpaired) electrons. The predicted octanol–water partition coefficient (Wildman–Crippen LogP) is 3.78. The molecule has 3 atom stereocenters. The summed E-state index contributed by atoms with van der Waals surface area (Å²) in [6, 6.07) is 10.9. The van der Waals surface area contributed by atoms with E-state index in [1.54, 1.807) is 4.90 Å². The van der Waals surface area contributed by atoms with Gasteiger partial charge >= 0.3 is 6.18 Å². The molecule has 2 fully saturated rings. The Kier molecular flexibility index (Phi) is 4.65. The summed E-state index contributed by atoms with van der Waals surface area (Å²) >= 11 is 0. The zero-order valence-corrected chi connectivity index (χ0v) is 15.8. The van der Waals surface area contributed by atoms with Crippen molar-refractivity contribution in [3.8, 4) is 0 Å². The fraction of sp³-hybridized carbons (Fsp3) is 0.429. The molecule has 4 rings (SSSR count). The SMILES string of the molecule is Cc1ccccc1[C@@H]1[C@@H]2CN(C(=O)c3cccnc3C(F)(F)F)C[C@@H]2CN1C. The van der Waals surface area contributed by atoms with Gasteiger partial charge in [0.15, 0.2) is 5.69 Å². The van der Waals surface area contributed by atoms with Crippen molar-refractivity contribution in [2.45, 2.75) is 19.1 Å². The lowest BCUT2D eigenvalue weighted by atomic mass is 9.88. The molecule has 4 nitrogen and oxygen atoms in total. The summed E-state index contributed by atoms with van der Waals surface area (Å²) in [5, 5.41) is 0. The van der Waals surface area contributed by atoms with Gasteiger partial charge < -0.3 is 4.90 Å². The first-order valence-electron chi connectivity index (χ1n) is 9.34. The number of hydrogen-bond acceptors (Lipinski definition) is 3. The molecule has 0 aliphatic carbocycles. The average molecular weight is 389 g/mol. The molecule has 2 saturated heterocycles. The first kappa shape index (κ1) is 18.9. The molecule has 3 heterocycles. The largest absolute Gasteiger partial charge is 0.434 e. The first-order valence-corrected chi connectivity index (χ1v) is 9.34. The second kappa shape index (κ2) is 6.88. The Labute approximate surface area is 162 Å². The van der Waals surface area contributed by atoms with E-state index in [1.807, 2.05) is 12.1 Å². The number of aryl methyl sites for hydroxylation is 1. The Bertz CT molecular complexity index is 898. The fourth-order valence-electron chi connectivity index (χ4n) is 4.78. The van der Waals surface area contributed by atoms with Gasteiger partial charge in [-0.05, 0) is 43.1 Å². The molecular weight excluding hydrogens is 367 g/mol. The highest BCUT2D eigenvalue weighted by molar-refractivity contribution is 5.95. The van der Waals surface area contributed by atoms with Gasteiger partial charge in [-0.2, -0.15) is 13.2 Å². The number of carbonyl (C=O) groups is 1. The van der Waals surface area contributed by atoms with E-state index in [0.717, 1.165) is 12.7 Å². The third kappa shape index (κ3) is 3.17. The molecule has 0 saturated carbocycles. The third-order valence-corrected chi connectivity index (χ3v) is 6.00. The monoisotopic (exact) mass is 389 g/mol. The molecule has 2 aromatic rings. The Balaban J connectivity index is 1.60. The van der Waals surface area contributed by atoms with Gasteiger partial charge in [0.1, 0.15) is 0 Å². The number of benzene rings is 1. The zero-order chi connectivity index (χ0) is 20.1. The summed E-state index contributed by atoms with van der Waals surface area (Å²) in [5.41, 5.74) is 0.945. The van der Waals surface area contributed by atoms with Crippen molar-refractivity contribution in [3.63, 3.8) is 0 Å². The van der Waals surface area contributed by atoms with Crippen LogP contribution in [0, 0.1) is 18.8 Å². The normalized spacial score (nSPS) is 25.2. The van der Waals surface area contributed by atoms with Gasteiger partial charge in [0, 0.05) is 37.8 Å². The zero-order valence-electron chi connectivity index (χ0n) is 15.8. The first-order chi connectivity index (χ1) is 13.3. The topological polar surface area (TPSA) is 36.4 Å². The standard InChI is InChI=1S/C21H22F3N3O/c1-13-6-3-4-7-15(13)18-17-12-27(11-14(17)10-26(18)2)20(28)16-8-5-9-25-19(16)21(22,23)24/h3-9,14,17-18H,10-12H2,1-2H3/t14-,17+,18+/m0/s1. The van der Waals surface area contributed by atoms with E-state index in [0.29, 0.717) is 13.1 Å². The number of alkyl halides is 3. The van der Waals surface area contributed by atoms with Gasteiger partial charge in [-0.1, -0.05) is 24.3 Å². The van der Waals surface area contributed by atoms with E-state index >= 15 is 0 Å². The summed E-state index contributed by atoms with van der Waals surface area (Å²) in [7, 11) is 2.07. The lowest BCUT2D eigenvalue weighted by Crippen LogP contribution is -2.34. The molecule has 1 amide bonds. The number of hydrogen-bond donors (Lipinski definition) is 0. The van der Waals surface area contributed by atoms with Crippen molar-refractivity contribution >= 4 is 5.91 Å². The number of fused-ring (bicyclic) bond motifs is 1. The van der Waals surface area contributed by atoms with Crippen LogP contribution < -0.4 is 0 Å². The van der Waals surface area contributed by atoms with E-state index in [-0.39, 0.29) is 23.4 Å². The maximum atomic E-state index is 13.3. The number of likely N-dealkylation sites (tertiary alicyclic amines) is 2. The second-order valence-corrected chi connectivity index (χ2v) is 7.77. The van der Waals surface area contributed by atoms with Crippen LogP contribution in [0.5, 0.6) is 0 Å². The van der Waals surface area contributed by atoms with Gasteiger partial charge in [-0.15, -0.1) is 0 Å². The van der Waals surface area contributed by atoms with Gasteiger partial charge in [0.25, 0.3) is 5.91 Å². The number of carbonyl (C=O) groups excluding carboxylic acids is 1. The highest BCUT2D eigenvalue weighted by atomic mass is 19.4. The number of pyridine rings is 1. The molecule has 1 aromatic heterocycles. The van der Waals surface area contributed by atoms with Crippen LogP contribution in [0.15, 0.2) is 42.6 Å². The van der Waals surface area contributed by atoms with Crippen molar-refractivity contribution in [3.05, 3.63) is 65.0 Å². The van der Waals surface area contributed by atoms with Crippen molar-refractivity contribution in [1.29, 1.82) is 0 Å². The van der Waals surface area contributed by atoms with E-state index in [1.165, 1.54) is 23.3 Å². The summed E-state index contributed by atoms with van der Waals surface area (Å²) in [5.74, 6) is -0.119. The predicted molar refractivity (Wildman–Crippen MR) is 98.7 cm³/mol. The minimum atomic E-state index is -4.65. The number of aromatic nitrogens is 1. The molecule has 0 spiro atoms. The fourth-order valence-corrected chi connectivity index (χ4v) is 4.78. The van der Waals surface area contributed by atoms with Gasteiger partial charge in [0.2, 0.25) is 0 Å². The smallest absolute Gasteiger partial charge is 0.338 e.